The third-order valence-corrected chi connectivity index (χ3v) is 5.02. The fourth-order valence-corrected chi connectivity index (χ4v) is 3.67. The van der Waals surface area contributed by atoms with Crippen LogP contribution >= 0.6 is 11.6 Å². The van der Waals surface area contributed by atoms with Gasteiger partial charge in [0.1, 0.15) is 5.69 Å². The van der Waals surface area contributed by atoms with E-state index in [9.17, 15) is 0 Å². The Balaban J connectivity index is 1.40. The van der Waals surface area contributed by atoms with Crippen molar-refractivity contribution in [2.75, 3.05) is 11.4 Å². The lowest BCUT2D eigenvalue weighted by Crippen LogP contribution is -2.32. The van der Waals surface area contributed by atoms with Crippen LogP contribution in [0.2, 0.25) is 5.02 Å². The first-order valence-electron chi connectivity index (χ1n) is 9.08. The molecule has 0 unspecified atom stereocenters. The van der Waals surface area contributed by atoms with E-state index >= 15 is 0 Å². The second kappa shape index (κ2) is 7.09. The molecule has 0 N–H and O–H groups in total. The van der Waals surface area contributed by atoms with E-state index in [1.54, 1.807) is 12.4 Å². The Bertz CT molecular complexity index is 1110. The van der Waals surface area contributed by atoms with Crippen LogP contribution in [0.3, 0.4) is 0 Å². The van der Waals surface area contributed by atoms with Crippen molar-refractivity contribution in [1.82, 2.24) is 24.9 Å². The molecule has 1 aromatic carbocycles. The molecule has 0 saturated heterocycles. The number of hydrogen-bond donors (Lipinski definition) is 0. The maximum absolute atomic E-state index is 6.07. The molecule has 1 aliphatic rings. The molecule has 0 saturated carbocycles. The van der Waals surface area contributed by atoms with Gasteiger partial charge in [0.25, 0.3) is 0 Å². The number of rotatable bonds is 4. The van der Waals surface area contributed by atoms with Gasteiger partial charge >= 0.3 is 0 Å². The van der Waals surface area contributed by atoms with Crippen LogP contribution < -0.4 is 4.90 Å². The lowest BCUT2D eigenvalue weighted by Gasteiger charge is -2.28. The van der Waals surface area contributed by atoms with Gasteiger partial charge in [0, 0.05) is 47.7 Å². The first-order chi connectivity index (χ1) is 13.8. The van der Waals surface area contributed by atoms with Crippen molar-refractivity contribution < 1.29 is 4.52 Å². The number of aromatic nitrogens is 5. The van der Waals surface area contributed by atoms with Gasteiger partial charge in [0.15, 0.2) is 11.6 Å². The second-order valence-corrected chi connectivity index (χ2v) is 7.12. The van der Waals surface area contributed by atoms with Crippen LogP contribution in [0.1, 0.15) is 12.1 Å². The van der Waals surface area contributed by atoms with Gasteiger partial charge in [-0.25, -0.2) is 0 Å². The third-order valence-electron chi connectivity index (χ3n) is 4.78. The number of benzene rings is 1. The summed E-state index contributed by atoms with van der Waals surface area (Å²) in [5, 5.41) is 13.7. The van der Waals surface area contributed by atoms with Crippen LogP contribution in [0.25, 0.3) is 22.7 Å². The number of fused-ring (bicyclic) bond motifs is 1. The quantitative estimate of drug-likeness (QED) is 0.521. The lowest BCUT2D eigenvalue weighted by atomic mass is 10.1. The Labute approximate surface area is 166 Å². The zero-order chi connectivity index (χ0) is 18.9. The molecule has 0 fully saturated rings. The average molecular weight is 393 g/mol. The zero-order valence-electron chi connectivity index (χ0n) is 15.0. The highest BCUT2D eigenvalue weighted by Crippen LogP contribution is 2.28. The molecule has 0 spiro atoms. The highest BCUT2D eigenvalue weighted by Gasteiger charge is 2.24. The molecule has 1 aliphatic heterocycles. The van der Waals surface area contributed by atoms with Gasteiger partial charge in [-0.2, -0.15) is 0 Å². The summed E-state index contributed by atoms with van der Waals surface area (Å²) in [6.07, 6.45) is 4.55. The van der Waals surface area contributed by atoms with Crippen molar-refractivity contribution in [2.45, 2.75) is 19.5 Å². The Morgan fingerprint density at radius 1 is 1.00 bits per heavy atom. The molecule has 3 aromatic heterocycles. The summed E-state index contributed by atoms with van der Waals surface area (Å²) in [5.74, 6) is 2.42. The summed E-state index contributed by atoms with van der Waals surface area (Å²) >= 11 is 6.07. The Morgan fingerprint density at radius 3 is 2.75 bits per heavy atom. The summed E-state index contributed by atoms with van der Waals surface area (Å²) in [6.45, 7) is 2.40. The number of pyridine rings is 1. The van der Waals surface area contributed by atoms with Crippen LogP contribution in [-0.4, -0.2) is 31.4 Å². The number of nitrogens with zero attached hydrogens (tertiary/aromatic N) is 6. The van der Waals surface area contributed by atoms with E-state index in [2.05, 4.69) is 29.8 Å². The van der Waals surface area contributed by atoms with Crippen molar-refractivity contribution in [1.29, 1.82) is 0 Å². The van der Waals surface area contributed by atoms with Crippen molar-refractivity contribution in [2.24, 2.45) is 0 Å². The van der Waals surface area contributed by atoms with Gasteiger partial charge in [-0.05, 0) is 30.7 Å². The van der Waals surface area contributed by atoms with Gasteiger partial charge in [0.2, 0.25) is 5.95 Å². The van der Waals surface area contributed by atoms with E-state index < -0.39 is 0 Å². The predicted octanol–water partition coefficient (Wildman–Crippen LogP) is 4.06. The summed E-state index contributed by atoms with van der Waals surface area (Å²) in [4.78, 5) is 6.26. The lowest BCUT2D eigenvalue weighted by molar-refractivity contribution is 0.421. The van der Waals surface area contributed by atoms with Gasteiger partial charge in [-0.1, -0.05) is 28.9 Å². The van der Waals surface area contributed by atoms with E-state index in [0.29, 0.717) is 17.3 Å². The van der Waals surface area contributed by atoms with E-state index in [-0.39, 0.29) is 0 Å². The first kappa shape index (κ1) is 16.9. The topological polar surface area (TPSA) is 72.9 Å². The molecular formula is C20H17ClN6O. The molecule has 4 aromatic rings. The van der Waals surface area contributed by atoms with Crippen LogP contribution in [-0.2, 0) is 13.1 Å². The molecule has 0 aliphatic carbocycles. The smallest absolute Gasteiger partial charge is 0.227 e. The van der Waals surface area contributed by atoms with Crippen molar-refractivity contribution in [3.05, 3.63) is 65.6 Å². The summed E-state index contributed by atoms with van der Waals surface area (Å²) in [7, 11) is 0. The van der Waals surface area contributed by atoms with Crippen LogP contribution in [0, 0.1) is 0 Å². The summed E-state index contributed by atoms with van der Waals surface area (Å²) < 4.78 is 7.67. The Kier molecular flexibility index (Phi) is 4.29. The molecule has 0 radical (unpaired) electrons. The van der Waals surface area contributed by atoms with Gasteiger partial charge in [0.05, 0.1) is 6.54 Å². The summed E-state index contributed by atoms with van der Waals surface area (Å²) in [5.41, 5.74) is 2.77. The minimum absolute atomic E-state index is 0.610. The zero-order valence-corrected chi connectivity index (χ0v) is 15.8. The maximum Gasteiger partial charge on any atom is 0.227 e. The standard InChI is InChI=1S/C20H17ClN6O/c21-16-4-1-3-15(11-16)18-12-17(25-28-18)13-26-9-2-10-27-19(23-24-20(26)27)14-5-7-22-8-6-14/h1,3-8,11-12H,2,9-10,13H2. The molecule has 7 nitrogen and oxygen atoms in total. The highest BCUT2D eigenvalue weighted by molar-refractivity contribution is 6.30. The minimum Gasteiger partial charge on any atom is -0.356 e. The minimum atomic E-state index is 0.610. The Morgan fingerprint density at radius 2 is 1.89 bits per heavy atom. The van der Waals surface area contributed by atoms with Gasteiger partial charge in [-0.3, -0.25) is 9.55 Å². The molecule has 8 heteroatoms. The molecule has 4 heterocycles. The number of halogens is 1. The van der Waals surface area contributed by atoms with Crippen LogP contribution in [0.15, 0.2) is 59.4 Å². The van der Waals surface area contributed by atoms with Crippen LogP contribution in [0.4, 0.5) is 5.95 Å². The maximum atomic E-state index is 6.07. The monoisotopic (exact) mass is 392 g/mol. The van der Waals surface area contributed by atoms with Gasteiger partial charge in [-0.15, -0.1) is 10.2 Å². The van der Waals surface area contributed by atoms with E-state index in [1.165, 1.54) is 0 Å². The molecule has 0 amide bonds. The molecule has 28 heavy (non-hydrogen) atoms. The normalized spacial score (nSPS) is 13.5. The average Bonchev–Trinajstić information content (AvgIpc) is 3.36. The molecule has 140 valence electrons. The highest BCUT2D eigenvalue weighted by atomic mass is 35.5. The van der Waals surface area contributed by atoms with E-state index in [4.69, 9.17) is 16.1 Å². The molecule has 5 rings (SSSR count). The van der Waals surface area contributed by atoms with Crippen molar-refractivity contribution >= 4 is 17.5 Å². The Hall–Kier alpha value is -3.19. The first-order valence-corrected chi connectivity index (χ1v) is 9.46. The third kappa shape index (κ3) is 3.14. The molecule has 0 bridgehead atoms. The fourth-order valence-electron chi connectivity index (χ4n) is 3.48. The number of anilines is 1. The predicted molar refractivity (Wildman–Crippen MR) is 106 cm³/mol. The van der Waals surface area contributed by atoms with Gasteiger partial charge < -0.3 is 9.42 Å². The van der Waals surface area contributed by atoms with Crippen molar-refractivity contribution in [3.8, 4) is 22.7 Å². The number of hydrogen-bond acceptors (Lipinski definition) is 6. The summed E-state index contributed by atoms with van der Waals surface area (Å²) in [6, 6.07) is 13.4. The molecule has 0 atom stereocenters. The van der Waals surface area contributed by atoms with E-state index in [0.717, 1.165) is 48.1 Å². The van der Waals surface area contributed by atoms with Crippen molar-refractivity contribution in [3.63, 3.8) is 0 Å². The molecular weight excluding hydrogens is 376 g/mol. The van der Waals surface area contributed by atoms with Crippen LogP contribution in [0.5, 0.6) is 0 Å². The SMILES string of the molecule is Clc1cccc(-c2cc(CN3CCCn4c(-c5ccncc5)nnc43)no2)c1. The van der Waals surface area contributed by atoms with E-state index in [1.807, 2.05) is 42.5 Å². The fraction of sp³-hybridized carbons (Fsp3) is 0.200. The largest absolute Gasteiger partial charge is 0.356 e. The second-order valence-electron chi connectivity index (χ2n) is 6.68.